The standard InChI is InChI=1S/C40H44N6O9/c1-26-9-5-6-12-31(26)44-38(50)43-30-17-14-27(15-18-30)23-42-37(49)32(13-7-8-20-41-40(52)53-24-28-10-3-2-4-11-28)45-39(51)46-33(22-36(47)48)29-16-19-34-35(21-29)55-25-54-34/h2-6,9-12,14-19,21,32-33H,7-8,13,20,22-25H2,1H3,(H,41,52)(H,42,49)(H,47,48)(H2,43,44,50)(H2,45,46,51)/t32-,33-/m0/s1. The van der Waals surface area contributed by atoms with Crippen LogP contribution in [0.2, 0.25) is 0 Å². The van der Waals surface area contributed by atoms with Gasteiger partial charge in [0.1, 0.15) is 12.6 Å². The van der Waals surface area contributed by atoms with Gasteiger partial charge in [0.2, 0.25) is 12.7 Å². The Morgan fingerprint density at radius 2 is 1.51 bits per heavy atom. The van der Waals surface area contributed by atoms with E-state index in [1.165, 1.54) is 0 Å². The van der Waals surface area contributed by atoms with Gasteiger partial charge >= 0.3 is 24.1 Å². The summed E-state index contributed by atoms with van der Waals surface area (Å²) in [6, 6.07) is 25.4. The molecule has 0 fully saturated rings. The lowest BCUT2D eigenvalue weighted by Crippen LogP contribution is -2.50. The van der Waals surface area contributed by atoms with Crippen molar-refractivity contribution in [1.82, 2.24) is 21.3 Å². The number of amides is 6. The highest BCUT2D eigenvalue weighted by molar-refractivity contribution is 6.00. The monoisotopic (exact) mass is 752 g/mol. The van der Waals surface area contributed by atoms with Crippen LogP contribution in [0.3, 0.4) is 0 Å². The molecule has 7 N–H and O–H groups in total. The average Bonchev–Trinajstić information content (AvgIpc) is 3.65. The summed E-state index contributed by atoms with van der Waals surface area (Å²) in [6.07, 6.45) is 0.152. The van der Waals surface area contributed by atoms with Crippen LogP contribution in [-0.4, -0.2) is 54.5 Å². The lowest BCUT2D eigenvalue weighted by molar-refractivity contribution is -0.137. The van der Waals surface area contributed by atoms with Gasteiger partial charge in [-0.05, 0) is 78.8 Å². The van der Waals surface area contributed by atoms with Gasteiger partial charge in [-0.1, -0.05) is 66.7 Å². The maximum atomic E-state index is 13.5. The van der Waals surface area contributed by atoms with Gasteiger partial charge in [0, 0.05) is 24.5 Å². The van der Waals surface area contributed by atoms with E-state index in [9.17, 15) is 29.1 Å². The van der Waals surface area contributed by atoms with Crippen LogP contribution in [0.15, 0.2) is 97.1 Å². The van der Waals surface area contributed by atoms with Crippen LogP contribution in [0.1, 0.15) is 54.0 Å². The number of fused-ring (bicyclic) bond motifs is 1. The number of rotatable bonds is 17. The number of ether oxygens (including phenoxy) is 3. The molecule has 4 aromatic rings. The number of carboxylic acid groups (broad SMARTS) is 1. The van der Waals surface area contributed by atoms with Crippen molar-refractivity contribution >= 4 is 41.4 Å². The van der Waals surface area contributed by atoms with E-state index in [1.807, 2.05) is 55.5 Å². The Morgan fingerprint density at radius 1 is 0.764 bits per heavy atom. The summed E-state index contributed by atoms with van der Waals surface area (Å²) in [5.41, 5.74) is 4.25. The van der Waals surface area contributed by atoms with E-state index in [0.29, 0.717) is 41.3 Å². The minimum atomic E-state index is -1.14. The maximum Gasteiger partial charge on any atom is 0.407 e. The number of hydrogen-bond donors (Lipinski definition) is 7. The highest BCUT2D eigenvalue weighted by Gasteiger charge is 2.25. The minimum absolute atomic E-state index is 0.0319. The van der Waals surface area contributed by atoms with Crippen LogP contribution in [0, 0.1) is 6.92 Å². The third-order valence-electron chi connectivity index (χ3n) is 8.58. The second kappa shape index (κ2) is 19.9. The van der Waals surface area contributed by atoms with Gasteiger partial charge in [0.15, 0.2) is 11.5 Å². The summed E-state index contributed by atoms with van der Waals surface area (Å²) in [7, 11) is 0. The van der Waals surface area contributed by atoms with E-state index in [-0.39, 0.29) is 32.9 Å². The number of urea groups is 2. The molecular formula is C40H44N6O9. The number of carbonyl (C=O) groups excluding carboxylic acids is 4. The smallest absolute Gasteiger partial charge is 0.407 e. The van der Waals surface area contributed by atoms with Crippen molar-refractivity contribution < 1.29 is 43.3 Å². The second-order valence-electron chi connectivity index (χ2n) is 12.7. The number of unbranched alkanes of at least 4 members (excludes halogenated alkanes) is 1. The van der Waals surface area contributed by atoms with Crippen molar-refractivity contribution in [3.8, 4) is 11.5 Å². The Bertz CT molecular complexity index is 1940. The molecule has 1 aliphatic heterocycles. The molecule has 2 atom stereocenters. The first-order valence-electron chi connectivity index (χ1n) is 17.8. The number of para-hydroxylation sites is 1. The number of aryl methyl sites for hydroxylation is 1. The average molecular weight is 753 g/mol. The molecular weight excluding hydrogens is 708 g/mol. The zero-order chi connectivity index (χ0) is 39.0. The number of aliphatic carboxylic acids is 1. The van der Waals surface area contributed by atoms with Crippen molar-refractivity contribution in [2.75, 3.05) is 24.0 Å². The fourth-order valence-electron chi connectivity index (χ4n) is 5.64. The van der Waals surface area contributed by atoms with Gasteiger partial charge in [0.25, 0.3) is 0 Å². The Labute approximate surface area is 318 Å². The molecule has 15 nitrogen and oxygen atoms in total. The minimum Gasteiger partial charge on any atom is -0.481 e. The van der Waals surface area contributed by atoms with Crippen molar-refractivity contribution in [1.29, 1.82) is 0 Å². The molecule has 1 aliphatic rings. The van der Waals surface area contributed by atoms with Gasteiger partial charge in [-0.3, -0.25) is 9.59 Å². The molecule has 55 heavy (non-hydrogen) atoms. The first kappa shape index (κ1) is 39.4. The number of nitrogens with one attached hydrogen (secondary N) is 6. The molecule has 0 radical (unpaired) electrons. The number of carbonyl (C=O) groups is 5. The number of anilines is 2. The highest BCUT2D eigenvalue weighted by atomic mass is 16.7. The van der Waals surface area contributed by atoms with E-state index in [2.05, 4.69) is 31.9 Å². The van der Waals surface area contributed by atoms with E-state index >= 15 is 0 Å². The van der Waals surface area contributed by atoms with Crippen LogP contribution in [0.5, 0.6) is 11.5 Å². The molecule has 1 heterocycles. The van der Waals surface area contributed by atoms with Crippen LogP contribution in [-0.2, 0) is 27.5 Å². The number of carboxylic acids is 1. The highest BCUT2D eigenvalue weighted by Crippen LogP contribution is 2.34. The first-order chi connectivity index (χ1) is 26.6. The Morgan fingerprint density at radius 3 is 2.27 bits per heavy atom. The Balaban J connectivity index is 1.15. The summed E-state index contributed by atoms with van der Waals surface area (Å²) < 4.78 is 16.0. The summed E-state index contributed by atoms with van der Waals surface area (Å²) in [4.78, 5) is 63.2. The summed E-state index contributed by atoms with van der Waals surface area (Å²) in [5.74, 6) is -0.671. The molecule has 0 spiro atoms. The van der Waals surface area contributed by atoms with Crippen molar-refractivity contribution in [2.24, 2.45) is 0 Å². The molecule has 6 amide bonds. The molecule has 15 heteroatoms. The number of alkyl carbamates (subject to hydrolysis) is 1. The lowest BCUT2D eigenvalue weighted by Gasteiger charge is -2.22. The Kier molecular flexibility index (Phi) is 14.3. The van der Waals surface area contributed by atoms with E-state index in [1.54, 1.807) is 48.5 Å². The first-order valence-corrected chi connectivity index (χ1v) is 17.8. The normalized spacial score (nSPS) is 12.4. The second-order valence-corrected chi connectivity index (χ2v) is 12.7. The van der Waals surface area contributed by atoms with Crippen LogP contribution < -0.4 is 41.4 Å². The fourth-order valence-corrected chi connectivity index (χ4v) is 5.64. The van der Waals surface area contributed by atoms with Gasteiger partial charge in [-0.2, -0.15) is 0 Å². The Hall–Kier alpha value is -6.77. The third kappa shape index (κ3) is 12.7. The largest absolute Gasteiger partial charge is 0.481 e. The number of benzene rings is 4. The number of hydrogen-bond acceptors (Lipinski definition) is 8. The van der Waals surface area contributed by atoms with Gasteiger partial charge < -0.3 is 51.2 Å². The van der Waals surface area contributed by atoms with E-state index < -0.39 is 48.5 Å². The van der Waals surface area contributed by atoms with Crippen LogP contribution >= 0.6 is 0 Å². The fraction of sp³-hybridized carbons (Fsp3) is 0.275. The molecule has 4 aromatic carbocycles. The summed E-state index contributed by atoms with van der Waals surface area (Å²) >= 11 is 0. The van der Waals surface area contributed by atoms with Gasteiger partial charge in [-0.15, -0.1) is 0 Å². The molecule has 0 saturated carbocycles. The lowest BCUT2D eigenvalue weighted by atomic mass is 10.0. The molecule has 0 aromatic heterocycles. The van der Waals surface area contributed by atoms with E-state index in [4.69, 9.17) is 14.2 Å². The summed E-state index contributed by atoms with van der Waals surface area (Å²) in [6.45, 7) is 2.46. The molecule has 0 unspecified atom stereocenters. The van der Waals surface area contributed by atoms with E-state index in [0.717, 1.165) is 16.7 Å². The maximum absolute atomic E-state index is 13.5. The zero-order valence-corrected chi connectivity index (χ0v) is 30.3. The van der Waals surface area contributed by atoms with Crippen LogP contribution in [0.4, 0.5) is 25.8 Å². The quantitative estimate of drug-likeness (QED) is 0.0635. The van der Waals surface area contributed by atoms with Crippen molar-refractivity contribution in [2.45, 2.75) is 57.8 Å². The molecule has 5 rings (SSSR count). The van der Waals surface area contributed by atoms with Crippen molar-refractivity contribution in [3.63, 3.8) is 0 Å². The van der Waals surface area contributed by atoms with Gasteiger partial charge in [-0.25, -0.2) is 14.4 Å². The topological polar surface area (TPSA) is 205 Å². The predicted molar refractivity (Wildman–Crippen MR) is 204 cm³/mol. The van der Waals surface area contributed by atoms with Gasteiger partial charge in [0.05, 0.1) is 12.5 Å². The predicted octanol–water partition coefficient (Wildman–Crippen LogP) is 5.96. The molecule has 288 valence electrons. The molecule has 0 aliphatic carbocycles. The van der Waals surface area contributed by atoms with Crippen molar-refractivity contribution in [3.05, 3.63) is 119 Å². The molecule has 0 saturated heterocycles. The summed E-state index contributed by atoms with van der Waals surface area (Å²) in [5, 5.41) is 26.1. The third-order valence-corrected chi connectivity index (χ3v) is 8.58. The molecule has 0 bridgehead atoms. The van der Waals surface area contributed by atoms with Crippen LogP contribution in [0.25, 0.3) is 0 Å². The zero-order valence-electron chi connectivity index (χ0n) is 30.3. The SMILES string of the molecule is Cc1ccccc1NC(=O)Nc1ccc(CNC(=O)[C@H](CCCCNC(=O)OCc2ccccc2)NC(=O)N[C@@H](CC(=O)O)c2ccc3c(c2)OCO3)cc1.